The molecule has 2 amide bonds. The van der Waals surface area contributed by atoms with Crippen LogP contribution in [0.1, 0.15) is 31.7 Å². The Bertz CT molecular complexity index is 962. The third kappa shape index (κ3) is 3.50. The van der Waals surface area contributed by atoms with Crippen molar-refractivity contribution in [1.82, 2.24) is 4.90 Å². The van der Waals surface area contributed by atoms with E-state index in [0.717, 1.165) is 32.4 Å². The highest BCUT2D eigenvalue weighted by Crippen LogP contribution is 2.39. The highest BCUT2D eigenvalue weighted by molar-refractivity contribution is 6.45. The summed E-state index contributed by atoms with van der Waals surface area (Å²) in [6.07, 6.45) is 2.75. The first-order valence-corrected chi connectivity index (χ1v) is 9.97. The number of hydrogen-bond acceptors (Lipinski definition) is 4. The molecule has 4 rings (SSSR count). The summed E-state index contributed by atoms with van der Waals surface area (Å²) < 4.78 is 19.2. The smallest absolute Gasteiger partial charge is 0.282 e. The quantitative estimate of drug-likeness (QED) is 0.695. The van der Waals surface area contributed by atoms with Gasteiger partial charge in [0.15, 0.2) is 0 Å². The van der Waals surface area contributed by atoms with Gasteiger partial charge in [-0.1, -0.05) is 31.2 Å². The van der Waals surface area contributed by atoms with Gasteiger partial charge in [-0.05, 0) is 49.1 Å². The van der Waals surface area contributed by atoms with E-state index in [1.807, 2.05) is 17.9 Å². The monoisotopic (exact) mass is 394 g/mol. The van der Waals surface area contributed by atoms with Gasteiger partial charge >= 0.3 is 0 Å². The highest BCUT2D eigenvalue weighted by Gasteiger charge is 2.43. The Hall–Kier alpha value is -3.15. The first-order chi connectivity index (χ1) is 14.1. The lowest BCUT2D eigenvalue weighted by molar-refractivity contribution is -0.120. The highest BCUT2D eigenvalue weighted by atomic mass is 19.1. The molecule has 2 heterocycles. The topological polar surface area (TPSA) is 49.9 Å². The van der Waals surface area contributed by atoms with Gasteiger partial charge in [-0.25, -0.2) is 9.29 Å². The Kier molecular flexibility index (Phi) is 5.34. The number of anilines is 1. The predicted octanol–water partition coefficient (Wildman–Crippen LogP) is 3.99. The molecule has 0 spiro atoms. The first kappa shape index (κ1) is 19.2. The number of nitrogens with zero attached hydrogens (tertiary/aromatic N) is 2. The molecule has 6 heteroatoms. The number of hydrogen-bond donors (Lipinski definition) is 0. The third-order valence-corrected chi connectivity index (χ3v) is 5.18. The second kappa shape index (κ2) is 8.07. The van der Waals surface area contributed by atoms with Crippen molar-refractivity contribution in [2.24, 2.45) is 0 Å². The lowest BCUT2D eigenvalue weighted by atomic mass is 10.0. The summed E-state index contributed by atoms with van der Waals surface area (Å²) in [5.74, 6) is -0.652. The number of para-hydroxylation sites is 2. The second-order valence-electron chi connectivity index (χ2n) is 7.19. The maximum absolute atomic E-state index is 13.5. The number of rotatable bonds is 6. The summed E-state index contributed by atoms with van der Waals surface area (Å²) in [5, 5.41) is 0. The van der Waals surface area contributed by atoms with Crippen LogP contribution in [0.25, 0.3) is 5.57 Å². The van der Waals surface area contributed by atoms with Crippen LogP contribution in [0.3, 0.4) is 0 Å². The van der Waals surface area contributed by atoms with Crippen LogP contribution in [0.2, 0.25) is 0 Å². The number of ether oxygens (including phenoxy) is 1. The fourth-order valence-electron chi connectivity index (χ4n) is 3.82. The SMILES string of the molecule is CCCOc1ccccc1N1C(=O)C(c2ccc(F)cc2)=C(N2CCCC2)C1=O. The molecule has 2 aromatic carbocycles. The maximum Gasteiger partial charge on any atom is 0.282 e. The third-order valence-electron chi connectivity index (χ3n) is 5.18. The fourth-order valence-corrected chi connectivity index (χ4v) is 3.82. The van der Waals surface area contributed by atoms with Crippen LogP contribution < -0.4 is 9.64 Å². The summed E-state index contributed by atoms with van der Waals surface area (Å²) in [5.41, 5.74) is 1.69. The molecule has 0 aliphatic carbocycles. The second-order valence-corrected chi connectivity index (χ2v) is 7.19. The van der Waals surface area contributed by atoms with Crippen LogP contribution in [0.5, 0.6) is 5.75 Å². The Labute approximate surface area is 169 Å². The number of benzene rings is 2. The van der Waals surface area contributed by atoms with E-state index in [4.69, 9.17) is 4.74 Å². The van der Waals surface area contributed by atoms with E-state index in [2.05, 4.69) is 0 Å². The largest absolute Gasteiger partial charge is 0.491 e. The van der Waals surface area contributed by atoms with Gasteiger partial charge in [-0.3, -0.25) is 9.59 Å². The van der Waals surface area contributed by atoms with E-state index in [9.17, 15) is 14.0 Å². The van der Waals surface area contributed by atoms with Crippen molar-refractivity contribution >= 4 is 23.1 Å². The molecule has 150 valence electrons. The predicted molar refractivity (Wildman–Crippen MR) is 109 cm³/mol. The first-order valence-electron chi connectivity index (χ1n) is 9.97. The maximum atomic E-state index is 13.5. The standard InChI is InChI=1S/C23H23FN2O3/c1-2-15-29-19-8-4-3-7-18(19)26-22(27)20(16-9-11-17(24)12-10-16)21(23(26)28)25-13-5-6-14-25/h3-4,7-12H,2,5-6,13-15H2,1H3. The zero-order valence-corrected chi connectivity index (χ0v) is 16.4. The van der Waals surface area contributed by atoms with Crippen LogP contribution >= 0.6 is 0 Å². The molecule has 0 unspecified atom stereocenters. The molecule has 2 aliphatic heterocycles. The molecule has 5 nitrogen and oxygen atoms in total. The van der Waals surface area contributed by atoms with Gasteiger partial charge in [0.1, 0.15) is 17.3 Å². The number of likely N-dealkylation sites (tertiary alicyclic amines) is 1. The average molecular weight is 394 g/mol. The van der Waals surface area contributed by atoms with E-state index in [0.29, 0.717) is 34.9 Å². The summed E-state index contributed by atoms with van der Waals surface area (Å²) in [6.45, 7) is 3.93. The van der Waals surface area contributed by atoms with Gasteiger partial charge in [0, 0.05) is 13.1 Å². The van der Waals surface area contributed by atoms with Crippen molar-refractivity contribution in [3.63, 3.8) is 0 Å². The molecule has 29 heavy (non-hydrogen) atoms. The van der Waals surface area contributed by atoms with E-state index in [1.54, 1.807) is 30.3 Å². The van der Waals surface area contributed by atoms with Gasteiger partial charge < -0.3 is 9.64 Å². The Balaban J connectivity index is 1.80. The molecule has 1 saturated heterocycles. The van der Waals surface area contributed by atoms with E-state index in [1.165, 1.54) is 17.0 Å². The molecule has 2 aliphatic rings. The summed E-state index contributed by atoms with van der Waals surface area (Å²) >= 11 is 0. The van der Waals surface area contributed by atoms with Crippen LogP contribution in [0.15, 0.2) is 54.2 Å². The number of halogens is 1. The normalized spacial score (nSPS) is 16.9. The fraction of sp³-hybridized carbons (Fsp3) is 0.304. The molecular weight excluding hydrogens is 371 g/mol. The van der Waals surface area contributed by atoms with Gasteiger partial charge in [-0.2, -0.15) is 0 Å². The van der Waals surface area contributed by atoms with E-state index in [-0.39, 0.29) is 11.7 Å². The van der Waals surface area contributed by atoms with Crippen LogP contribution in [0, 0.1) is 5.82 Å². The van der Waals surface area contributed by atoms with Crippen molar-refractivity contribution in [3.8, 4) is 5.75 Å². The number of carbonyl (C=O) groups is 2. The lowest BCUT2D eigenvalue weighted by Crippen LogP contribution is -2.34. The van der Waals surface area contributed by atoms with E-state index >= 15 is 0 Å². The van der Waals surface area contributed by atoms with Crippen molar-refractivity contribution in [2.75, 3.05) is 24.6 Å². The minimum Gasteiger partial charge on any atom is -0.491 e. The molecule has 0 N–H and O–H groups in total. The molecule has 0 bridgehead atoms. The molecule has 0 saturated carbocycles. The van der Waals surface area contributed by atoms with Crippen LogP contribution in [-0.4, -0.2) is 36.4 Å². The van der Waals surface area contributed by atoms with Crippen molar-refractivity contribution in [3.05, 3.63) is 65.6 Å². The number of amides is 2. The van der Waals surface area contributed by atoms with Crippen molar-refractivity contribution < 1.29 is 18.7 Å². The number of carbonyl (C=O) groups excluding carboxylic acids is 2. The average Bonchev–Trinajstić information content (AvgIpc) is 3.34. The van der Waals surface area contributed by atoms with Crippen molar-refractivity contribution in [2.45, 2.75) is 26.2 Å². The lowest BCUT2D eigenvalue weighted by Gasteiger charge is -2.21. The van der Waals surface area contributed by atoms with Gasteiger partial charge in [0.25, 0.3) is 11.8 Å². The van der Waals surface area contributed by atoms with Crippen LogP contribution in [-0.2, 0) is 9.59 Å². The summed E-state index contributed by atoms with van der Waals surface area (Å²) in [6, 6.07) is 12.8. The van der Waals surface area contributed by atoms with Gasteiger partial charge in [0.05, 0.1) is 17.9 Å². The zero-order chi connectivity index (χ0) is 20.4. The Morgan fingerprint density at radius 1 is 0.966 bits per heavy atom. The van der Waals surface area contributed by atoms with E-state index < -0.39 is 5.91 Å². The zero-order valence-electron chi connectivity index (χ0n) is 16.4. The molecule has 1 fully saturated rings. The Morgan fingerprint density at radius 2 is 1.66 bits per heavy atom. The Morgan fingerprint density at radius 3 is 2.34 bits per heavy atom. The van der Waals surface area contributed by atoms with Crippen LogP contribution in [0.4, 0.5) is 10.1 Å². The van der Waals surface area contributed by atoms with Gasteiger partial charge in [-0.15, -0.1) is 0 Å². The van der Waals surface area contributed by atoms with Crippen molar-refractivity contribution in [1.29, 1.82) is 0 Å². The number of imide groups is 1. The molecular formula is C23H23FN2O3. The molecule has 2 aromatic rings. The molecule has 0 atom stereocenters. The van der Waals surface area contributed by atoms with Gasteiger partial charge in [0.2, 0.25) is 0 Å². The minimum absolute atomic E-state index is 0.321. The summed E-state index contributed by atoms with van der Waals surface area (Å²) in [7, 11) is 0. The molecule has 0 radical (unpaired) electrons. The summed E-state index contributed by atoms with van der Waals surface area (Å²) in [4.78, 5) is 30.1. The molecule has 0 aromatic heterocycles. The minimum atomic E-state index is -0.406.